The van der Waals surface area contributed by atoms with Crippen molar-refractivity contribution in [3.8, 4) is 33.6 Å². The topological polar surface area (TPSA) is 13.1 Å². The second kappa shape index (κ2) is 13.0. The quantitative estimate of drug-likeness (QED) is 0.161. The van der Waals surface area contributed by atoms with E-state index in [0.717, 1.165) is 17.1 Å². The van der Waals surface area contributed by atoms with Gasteiger partial charge in [-0.15, -0.1) is 0 Å². The van der Waals surface area contributed by atoms with Gasteiger partial charge in [0.25, 0.3) is 6.71 Å². The lowest BCUT2D eigenvalue weighted by molar-refractivity contribution is 0.590. The standard InChI is InChI=1S/C64H48BN3/c1-63(2,3)39-23-27-41(28-24-39)66(42-29-25-40(26-30-42)64(4,5)6)43-35-54-60-55(36-43)68-53-33-22-37-15-13-20-47-45-17-9-10-18-46(45)48-31-32-50(61(68)58(48)59(53)56(37)47)65(60)51-34-38-14-7-8-16-44(38)57-49-19-11-12-21-52(49)67(54)62(51)57/h7-36H,1-6H3. The monoisotopic (exact) mass is 869 g/mol. The van der Waals surface area contributed by atoms with Crippen molar-refractivity contribution in [3.63, 3.8) is 0 Å². The summed E-state index contributed by atoms with van der Waals surface area (Å²) >= 11 is 0. The Hall–Kier alpha value is -7.82. The summed E-state index contributed by atoms with van der Waals surface area (Å²) in [6, 6.07) is 70.0. The Morgan fingerprint density at radius 3 is 1.62 bits per heavy atom. The summed E-state index contributed by atoms with van der Waals surface area (Å²) in [4.78, 5) is 2.51. The molecule has 3 aliphatic rings. The molecule has 0 bridgehead atoms. The molecule has 68 heavy (non-hydrogen) atoms. The maximum atomic E-state index is 2.67. The minimum Gasteiger partial charge on any atom is -0.310 e. The number of anilines is 3. The number of nitrogens with zero attached hydrogens (tertiary/aromatic N) is 3. The van der Waals surface area contributed by atoms with E-state index in [1.807, 2.05) is 0 Å². The fourth-order valence-electron chi connectivity index (χ4n) is 12.8. The smallest absolute Gasteiger partial charge is 0.252 e. The highest BCUT2D eigenvalue weighted by molar-refractivity contribution is 7.00. The molecule has 0 fully saturated rings. The lowest BCUT2D eigenvalue weighted by atomic mass is 9.34. The molecular formula is C64H48BN3. The molecule has 0 unspecified atom stereocenters. The summed E-state index contributed by atoms with van der Waals surface area (Å²) in [7, 11) is 0. The van der Waals surface area contributed by atoms with Crippen molar-refractivity contribution in [2.24, 2.45) is 0 Å². The number of benzene rings is 10. The normalized spacial score (nSPS) is 13.4. The van der Waals surface area contributed by atoms with Crippen molar-refractivity contribution in [2.75, 3.05) is 4.90 Å². The van der Waals surface area contributed by atoms with Crippen molar-refractivity contribution < 1.29 is 0 Å². The van der Waals surface area contributed by atoms with Crippen LogP contribution in [0.5, 0.6) is 0 Å². The maximum Gasteiger partial charge on any atom is 0.252 e. The molecular weight excluding hydrogens is 822 g/mol. The lowest BCUT2D eigenvalue weighted by Gasteiger charge is -2.36. The Kier molecular flexibility index (Phi) is 7.32. The van der Waals surface area contributed by atoms with Crippen molar-refractivity contribution in [2.45, 2.75) is 52.4 Å². The Bertz CT molecular complexity index is 4150. The van der Waals surface area contributed by atoms with Gasteiger partial charge in [-0.25, -0.2) is 0 Å². The predicted octanol–water partition coefficient (Wildman–Crippen LogP) is 15.0. The Labute approximate surface area is 396 Å². The number of hydrogen-bond donors (Lipinski definition) is 0. The van der Waals surface area contributed by atoms with Crippen LogP contribution in [0.4, 0.5) is 17.1 Å². The highest BCUT2D eigenvalue weighted by Crippen LogP contribution is 2.51. The molecule has 0 N–H and O–H groups in total. The van der Waals surface area contributed by atoms with E-state index < -0.39 is 0 Å². The number of aromatic nitrogens is 2. The largest absolute Gasteiger partial charge is 0.310 e. The molecule has 15 rings (SSSR count). The lowest BCUT2D eigenvalue weighted by Crippen LogP contribution is -2.59. The molecule has 0 saturated heterocycles. The first kappa shape index (κ1) is 38.3. The van der Waals surface area contributed by atoms with Gasteiger partial charge in [0.1, 0.15) is 0 Å². The van der Waals surface area contributed by atoms with Crippen LogP contribution in [0, 0.1) is 0 Å². The first-order valence-electron chi connectivity index (χ1n) is 24.3. The van der Waals surface area contributed by atoms with Crippen LogP contribution in [0.1, 0.15) is 52.7 Å². The minimum atomic E-state index is -0.00125. The molecule has 0 radical (unpaired) electrons. The summed E-state index contributed by atoms with van der Waals surface area (Å²) in [5, 5.41) is 10.5. The second-order valence-electron chi connectivity index (χ2n) is 21.7. The molecule has 4 heterocycles. The minimum absolute atomic E-state index is 0.00125. The first-order valence-corrected chi connectivity index (χ1v) is 24.3. The number of rotatable bonds is 3. The number of hydrogen-bond acceptors (Lipinski definition) is 1. The van der Waals surface area contributed by atoms with Gasteiger partial charge in [-0.05, 0) is 131 Å². The van der Waals surface area contributed by atoms with E-state index in [2.05, 4.69) is 238 Å². The molecule has 0 amide bonds. The Morgan fingerprint density at radius 2 is 0.941 bits per heavy atom. The third-order valence-corrected chi connectivity index (χ3v) is 15.9. The van der Waals surface area contributed by atoms with E-state index >= 15 is 0 Å². The molecule has 4 heteroatoms. The van der Waals surface area contributed by atoms with Crippen molar-refractivity contribution >= 4 is 105 Å². The van der Waals surface area contributed by atoms with Gasteiger partial charge in [0.05, 0.1) is 27.8 Å². The summed E-state index contributed by atoms with van der Waals surface area (Å²) in [5.41, 5.74) is 23.0. The number of fused-ring (bicyclic) bond motifs is 13. The SMILES string of the molecule is CC(C)(C)c1ccc(N(c2ccc(C(C)(C)C)cc2)c2cc3c4c(c2)-n2c5ccccc5c5c6ccccc6cc(c52)B4c2ccc4c5c6c7c(cccc7ccc6n-3c25)-c2ccccc2-4)cc1. The second-order valence-corrected chi connectivity index (χ2v) is 21.7. The van der Waals surface area contributed by atoms with Crippen LogP contribution >= 0.6 is 0 Å². The van der Waals surface area contributed by atoms with E-state index in [9.17, 15) is 0 Å². The third kappa shape index (κ3) is 4.89. The van der Waals surface area contributed by atoms with E-state index in [-0.39, 0.29) is 17.5 Å². The third-order valence-electron chi connectivity index (χ3n) is 15.9. The van der Waals surface area contributed by atoms with Crippen LogP contribution in [0.15, 0.2) is 182 Å². The zero-order chi connectivity index (χ0) is 45.5. The predicted molar refractivity (Wildman–Crippen MR) is 291 cm³/mol. The van der Waals surface area contributed by atoms with Crippen LogP contribution in [0.25, 0.3) is 98.8 Å². The van der Waals surface area contributed by atoms with E-state index in [1.54, 1.807) is 0 Å². The Balaban J connectivity index is 1.14. The van der Waals surface area contributed by atoms with Crippen LogP contribution in [0.2, 0.25) is 0 Å². The zero-order valence-electron chi connectivity index (χ0n) is 39.2. The zero-order valence-corrected chi connectivity index (χ0v) is 39.2. The van der Waals surface area contributed by atoms with Gasteiger partial charge in [0.2, 0.25) is 0 Å². The molecule has 3 nitrogen and oxygen atoms in total. The average Bonchev–Trinajstić information content (AvgIpc) is 3.85. The van der Waals surface area contributed by atoms with Gasteiger partial charge in [-0.1, -0.05) is 175 Å². The van der Waals surface area contributed by atoms with Gasteiger partial charge in [-0.2, -0.15) is 0 Å². The summed E-state index contributed by atoms with van der Waals surface area (Å²) < 4.78 is 5.30. The molecule has 2 aliphatic heterocycles. The van der Waals surface area contributed by atoms with Gasteiger partial charge >= 0.3 is 0 Å². The van der Waals surface area contributed by atoms with E-state index in [1.165, 1.54) is 126 Å². The van der Waals surface area contributed by atoms with Gasteiger partial charge in [0.15, 0.2) is 0 Å². The highest BCUT2D eigenvalue weighted by Gasteiger charge is 2.43. The summed E-state index contributed by atoms with van der Waals surface area (Å²) in [6.07, 6.45) is 0. The van der Waals surface area contributed by atoms with Crippen molar-refractivity contribution in [3.05, 3.63) is 193 Å². The van der Waals surface area contributed by atoms with Gasteiger partial charge < -0.3 is 14.0 Å². The summed E-state index contributed by atoms with van der Waals surface area (Å²) in [6.45, 7) is 13.8. The Morgan fingerprint density at radius 1 is 0.382 bits per heavy atom. The van der Waals surface area contributed by atoms with Gasteiger partial charge in [-0.3, -0.25) is 0 Å². The van der Waals surface area contributed by atoms with Crippen LogP contribution < -0.4 is 21.3 Å². The molecule has 10 aromatic carbocycles. The molecule has 322 valence electrons. The molecule has 1 aliphatic carbocycles. The average molecular weight is 870 g/mol. The molecule has 0 saturated carbocycles. The van der Waals surface area contributed by atoms with Crippen molar-refractivity contribution in [1.29, 1.82) is 0 Å². The molecule has 12 aromatic rings. The van der Waals surface area contributed by atoms with Crippen LogP contribution in [-0.4, -0.2) is 15.8 Å². The summed E-state index contributed by atoms with van der Waals surface area (Å²) in [5.74, 6) is 0. The highest BCUT2D eigenvalue weighted by atomic mass is 15.2. The van der Waals surface area contributed by atoms with E-state index in [0.29, 0.717) is 0 Å². The van der Waals surface area contributed by atoms with Crippen molar-refractivity contribution in [1.82, 2.24) is 9.13 Å². The fraction of sp³-hybridized carbons (Fsp3) is 0.125. The van der Waals surface area contributed by atoms with Crippen LogP contribution in [0.3, 0.4) is 0 Å². The number of para-hydroxylation sites is 1. The molecule has 2 aromatic heterocycles. The van der Waals surface area contributed by atoms with E-state index in [4.69, 9.17) is 0 Å². The first-order chi connectivity index (χ1) is 33.0. The molecule has 0 atom stereocenters. The van der Waals surface area contributed by atoms with Gasteiger partial charge in [0, 0.05) is 44.3 Å². The maximum absolute atomic E-state index is 2.67. The van der Waals surface area contributed by atoms with Crippen LogP contribution in [-0.2, 0) is 10.8 Å². The fourth-order valence-corrected chi connectivity index (χ4v) is 12.8. The molecule has 0 spiro atoms.